The van der Waals surface area contributed by atoms with Gasteiger partial charge in [0, 0.05) is 12.3 Å². The summed E-state index contributed by atoms with van der Waals surface area (Å²) in [6, 6.07) is 0. The first kappa shape index (κ1) is 11.5. The number of thiazole rings is 1. The summed E-state index contributed by atoms with van der Waals surface area (Å²) in [6.07, 6.45) is 0.108. The van der Waals surface area contributed by atoms with Crippen LogP contribution in [0.3, 0.4) is 0 Å². The number of amides is 1. The average molecular weight is 254 g/mol. The van der Waals surface area contributed by atoms with Crippen LogP contribution in [0.5, 0.6) is 6.08 Å². The number of hydrogen-bond donors (Lipinski definition) is 1. The van der Waals surface area contributed by atoms with Crippen LogP contribution in [0.25, 0.3) is 0 Å². The van der Waals surface area contributed by atoms with Crippen molar-refractivity contribution in [2.75, 3.05) is 5.32 Å². The minimum absolute atomic E-state index is 0.108. The van der Waals surface area contributed by atoms with Gasteiger partial charge in [-0.2, -0.15) is 4.98 Å². The van der Waals surface area contributed by atoms with E-state index in [2.05, 4.69) is 20.4 Å². The number of carbonyl (C=O) groups excluding carboxylic acids is 1. The topological polar surface area (TPSA) is 90.1 Å². The van der Waals surface area contributed by atoms with Crippen LogP contribution in [-0.4, -0.2) is 21.0 Å². The van der Waals surface area contributed by atoms with Crippen LogP contribution >= 0.6 is 11.3 Å². The summed E-state index contributed by atoms with van der Waals surface area (Å²) in [5, 5.41) is 8.50. The van der Waals surface area contributed by atoms with Gasteiger partial charge in [0.15, 0.2) is 11.0 Å². The van der Waals surface area contributed by atoms with Gasteiger partial charge in [-0.3, -0.25) is 9.32 Å². The van der Waals surface area contributed by atoms with Crippen LogP contribution in [0.4, 0.5) is 5.13 Å². The standard InChI is InChI=1S/C9H10N4O3S/c1-5-10-9(16-13-5)15-3-7-4-17-8(12-7)11-6(2)14/h4H,3H2,1-2H3,(H,11,12,14). The monoisotopic (exact) mass is 254 g/mol. The number of hydrogen-bond acceptors (Lipinski definition) is 7. The molecule has 0 radical (unpaired) electrons. The Balaban J connectivity index is 1.91. The molecule has 2 aromatic heterocycles. The van der Waals surface area contributed by atoms with Crippen molar-refractivity contribution in [3.8, 4) is 6.08 Å². The Morgan fingerprint density at radius 1 is 1.59 bits per heavy atom. The molecule has 0 aliphatic heterocycles. The van der Waals surface area contributed by atoms with Gasteiger partial charge in [0.2, 0.25) is 5.91 Å². The van der Waals surface area contributed by atoms with Gasteiger partial charge in [-0.25, -0.2) is 4.98 Å². The summed E-state index contributed by atoms with van der Waals surface area (Å²) in [7, 11) is 0. The van der Waals surface area contributed by atoms with Crippen LogP contribution < -0.4 is 10.1 Å². The molecule has 0 bridgehead atoms. The van der Waals surface area contributed by atoms with E-state index in [0.29, 0.717) is 16.6 Å². The quantitative estimate of drug-likeness (QED) is 0.886. The molecule has 90 valence electrons. The Kier molecular flexibility index (Phi) is 3.33. The fourth-order valence-electron chi connectivity index (χ4n) is 1.05. The van der Waals surface area contributed by atoms with Crippen molar-refractivity contribution in [2.24, 2.45) is 0 Å². The third-order valence-electron chi connectivity index (χ3n) is 1.69. The Hall–Kier alpha value is -1.96. The smallest absolute Gasteiger partial charge is 0.417 e. The zero-order chi connectivity index (χ0) is 12.3. The summed E-state index contributed by atoms with van der Waals surface area (Å²) in [6.45, 7) is 3.35. The summed E-state index contributed by atoms with van der Waals surface area (Å²) >= 11 is 1.33. The van der Waals surface area contributed by atoms with Crippen molar-refractivity contribution in [1.29, 1.82) is 0 Å². The van der Waals surface area contributed by atoms with E-state index in [4.69, 9.17) is 9.26 Å². The molecule has 0 atom stereocenters. The Labute approximate surface area is 101 Å². The highest BCUT2D eigenvalue weighted by Gasteiger charge is 2.07. The van der Waals surface area contributed by atoms with Gasteiger partial charge in [0.05, 0.1) is 5.69 Å². The largest absolute Gasteiger partial charge is 0.442 e. The fraction of sp³-hybridized carbons (Fsp3) is 0.333. The van der Waals surface area contributed by atoms with E-state index in [1.54, 1.807) is 12.3 Å². The maximum absolute atomic E-state index is 10.8. The van der Waals surface area contributed by atoms with Crippen LogP contribution in [0, 0.1) is 6.92 Å². The second kappa shape index (κ2) is 4.91. The molecule has 8 heteroatoms. The molecule has 0 saturated carbocycles. The number of aromatic nitrogens is 3. The first-order valence-corrected chi connectivity index (χ1v) is 5.66. The molecule has 17 heavy (non-hydrogen) atoms. The fourth-order valence-corrected chi connectivity index (χ4v) is 1.79. The number of anilines is 1. The maximum Gasteiger partial charge on any atom is 0.417 e. The molecule has 0 unspecified atom stereocenters. The summed E-state index contributed by atoms with van der Waals surface area (Å²) in [4.78, 5) is 18.8. The van der Waals surface area contributed by atoms with Crippen LogP contribution in [0.2, 0.25) is 0 Å². The van der Waals surface area contributed by atoms with E-state index in [1.807, 2.05) is 0 Å². The predicted molar refractivity (Wildman–Crippen MR) is 59.8 cm³/mol. The SMILES string of the molecule is CC(=O)Nc1nc(COc2nc(C)no2)cs1. The highest BCUT2D eigenvalue weighted by Crippen LogP contribution is 2.16. The summed E-state index contributed by atoms with van der Waals surface area (Å²) in [5.41, 5.74) is 0.689. The van der Waals surface area contributed by atoms with Crippen molar-refractivity contribution >= 4 is 22.4 Å². The van der Waals surface area contributed by atoms with Gasteiger partial charge in [0.25, 0.3) is 0 Å². The lowest BCUT2D eigenvalue weighted by molar-refractivity contribution is -0.114. The first-order valence-electron chi connectivity index (χ1n) is 4.78. The molecule has 0 aliphatic rings. The van der Waals surface area contributed by atoms with Crippen molar-refractivity contribution in [1.82, 2.24) is 15.1 Å². The van der Waals surface area contributed by atoms with Crippen molar-refractivity contribution in [2.45, 2.75) is 20.5 Å². The lowest BCUT2D eigenvalue weighted by Gasteiger charge is -1.96. The van der Waals surface area contributed by atoms with Crippen molar-refractivity contribution in [3.63, 3.8) is 0 Å². The van der Waals surface area contributed by atoms with E-state index in [1.165, 1.54) is 18.3 Å². The van der Waals surface area contributed by atoms with Gasteiger partial charge in [-0.1, -0.05) is 5.16 Å². The minimum atomic E-state index is -0.153. The highest BCUT2D eigenvalue weighted by molar-refractivity contribution is 7.13. The van der Waals surface area contributed by atoms with E-state index in [0.717, 1.165) is 0 Å². The Morgan fingerprint density at radius 3 is 3.06 bits per heavy atom. The molecule has 0 saturated heterocycles. The summed E-state index contributed by atoms with van der Waals surface area (Å²) in [5.74, 6) is 0.358. The minimum Gasteiger partial charge on any atom is -0.442 e. The molecule has 2 aromatic rings. The number of nitrogens with one attached hydrogen (secondary N) is 1. The van der Waals surface area contributed by atoms with Crippen molar-refractivity contribution in [3.05, 3.63) is 16.9 Å². The third kappa shape index (κ3) is 3.25. The Morgan fingerprint density at radius 2 is 2.41 bits per heavy atom. The number of aryl methyl sites for hydroxylation is 1. The Bertz CT molecular complexity index is 522. The molecule has 0 fully saturated rings. The first-order chi connectivity index (χ1) is 8.13. The normalized spacial score (nSPS) is 10.2. The van der Waals surface area contributed by atoms with E-state index < -0.39 is 0 Å². The molecule has 0 aromatic carbocycles. The van der Waals surface area contributed by atoms with Crippen LogP contribution in [0.15, 0.2) is 9.90 Å². The van der Waals surface area contributed by atoms with E-state index in [-0.39, 0.29) is 18.6 Å². The van der Waals surface area contributed by atoms with Gasteiger partial charge < -0.3 is 10.1 Å². The molecule has 0 spiro atoms. The number of rotatable bonds is 4. The molecule has 2 heterocycles. The molecule has 0 aliphatic carbocycles. The number of ether oxygens (including phenoxy) is 1. The molecular weight excluding hydrogens is 244 g/mol. The van der Waals surface area contributed by atoms with Gasteiger partial charge in [-0.15, -0.1) is 11.3 Å². The van der Waals surface area contributed by atoms with Gasteiger partial charge >= 0.3 is 6.08 Å². The molecule has 1 N–H and O–H groups in total. The number of carbonyl (C=O) groups is 1. The van der Waals surface area contributed by atoms with Gasteiger partial charge in [-0.05, 0) is 6.92 Å². The second-order valence-corrected chi connectivity index (χ2v) is 4.08. The zero-order valence-electron chi connectivity index (χ0n) is 9.26. The maximum atomic E-state index is 10.8. The molecule has 7 nitrogen and oxygen atoms in total. The molecule has 1 amide bonds. The van der Waals surface area contributed by atoms with E-state index >= 15 is 0 Å². The van der Waals surface area contributed by atoms with Crippen LogP contribution in [0.1, 0.15) is 18.4 Å². The van der Waals surface area contributed by atoms with Crippen molar-refractivity contribution < 1.29 is 14.1 Å². The lowest BCUT2D eigenvalue weighted by atomic mass is 10.5. The molecular formula is C9H10N4O3S. The third-order valence-corrected chi connectivity index (χ3v) is 2.49. The molecule has 2 rings (SSSR count). The van der Waals surface area contributed by atoms with Crippen LogP contribution in [-0.2, 0) is 11.4 Å². The number of nitrogens with zero attached hydrogens (tertiary/aromatic N) is 3. The van der Waals surface area contributed by atoms with Gasteiger partial charge in [0.1, 0.15) is 6.61 Å². The highest BCUT2D eigenvalue weighted by atomic mass is 32.1. The zero-order valence-corrected chi connectivity index (χ0v) is 10.1. The average Bonchev–Trinajstić information content (AvgIpc) is 2.84. The lowest BCUT2D eigenvalue weighted by Crippen LogP contribution is -2.05. The second-order valence-electron chi connectivity index (χ2n) is 3.22. The summed E-state index contributed by atoms with van der Waals surface area (Å²) < 4.78 is 10.0. The predicted octanol–water partition coefficient (Wildman–Crippen LogP) is 1.37. The van der Waals surface area contributed by atoms with E-state index in [9.17, 15) is 4.79 Å².